The molecule has 2 heteroatoms. The molecule has 0 amide bonds. The second-order valence-electron chi connectivity index (χ2n) is 5.90. The summed E-state index contributed by atoms with van der Waals surface area (Å²) in [5.41, 5.74) is 0.351. The zero-order chi connectivity index (χ0) is 10.2. The second-order valence-corrected chi connectivity index (χ2v) is 5.90. The van der Waals surface area contributed by atoms with Crippen LogP contribution >= 0.6 is 0 Å². The van der Waals surface area contributed by atoms with Crippen molar-refractivity contribution >= 4 is 0 Å². The van der Waals surface area contributed by atoms with Crippen LogP contribution in [0.3, 0.4) is 0 Å². The Morgan fingerprint density at radius 2 is 1.79 bits per heavy atom. The fourth-order valence-corrected chi connectivity index (χ4v) is 2.31. The molecule has 0 spiro atoms. The van der Waals surface area contributed by atoms with Crippen molar-refractivity contribution in [1.82, 2.24) is 10.2 Å². The fourth-order valence-electron chi connectivity index (χ4n) is 2.31. The minimum Gasteiger partial charge on any atom is -0.310 e. The highest BCUT2D eigenvalue weighted by Gasteiger charge is 2.31. The van der Waals surface area contributed by atoms with Gasteiger partial charge >= 0.3 is 0 Å². The maximum Gasteiger partial charge on any atom is 0.0198 e. The topological polar surface area (TPSA) is 15.3 Å². The van der Waals surface area contributed by atoms with Crippen LogP contribution in [0.1, 0.15) is 46.5 Å². The predicted octanol–water partition coefficient (Wildman–Crippen LogP) is 2.00. The van der Waals surface area contributed by atoms with Crippen LogP contribution in [0.4, 0.5) is 0 Å². The fraction of sp³-hybridized carbons (Fsp3) is 1.00. The molecular weight excluding hydrogens is 172 g/mol. The number of hydrogen-bond donors (Lipinski definition) is 1. The number of likely N-dealkylation sites (tertiary alicyclic amines) is 1. The van der Waals surface area contributed by atoms with E-state index >= 15 is 0 Å². The van der Waals surface area contributed by atoms with Gasteiger partial charge in [-0.1, -0.05) is 0 Å². The Morgan fingerprint density at radius 3 is 2.36 bits per heavy atom. The highest BCUT2D eigenvalue weighted by Crippen LogP contribution is 2.24. The first-order valence-corrected chi connectivity index (χ1v) is 6.07. The lowest BCUT2D eigenvalue weighted by atomic mass is 9.98. The smallest absolute Gasteiger partial charge is 0.0198 e. The van der Waals surface area contributed by atoms with Gasteiger partial charge in [-0.15, -0.1) is 0 Å². The molecular formula is C12H24N2. The second kappa shape index (κ2) is 3.82. The van der Waals surface area contributed by atoms with Crippen LogP contribution in [0, 0.1) is 0 Å². The summed E-state index contributed by atoms with van der Waals surface area (Å²) in [7, 11) is 0. The standard InChI is InChI=1S/C12H24N2/c1-12(2,3)14-8-4-5-11(9-14)13-10-6-7-10/h10-11,13H,4-9H2,1-3H3. The van der Waals surface area contributed by atoms with Gasteiger partial charge in [0, 0.05) is 24.2 Å². The van der Waals surface area contributed by atoms with Gasteiger partial charge in [0.1, 0.15) is 0 Å². The lowest BCUT2D eigenvalue weighted by Gasteiger charge is -2.42. The molecule has 0 aromatic rings. The first-order chi connectivity index (χ1) is 6.55. The van der Waals surface area contributed by atoms with Crippen molar-refractivity contribution in [3.63, 3.8) is 0 Å². The van der Waals surface area contributed by atoms with Crippen LogP contribution in [0.2, 0.25) is 0 Å². The van der Waals surface area contributed by atoms with Gasteiger partial charge in [0.2, 0.25) is 0 Å². The molecule has 14 heavy (non-hydrogen) atoms. The summed E-state index contributed by atoms with van der Waals surface area (Å²) in [6, 6.07) is 1.62. The molecule has 2 rings (SSSR count). The maximum absolute atomic E-state index is 3.75. The highest BCUT2D eigenvalue weighted by molar-refractivity contribution is 4.90. The third-order valence-electron chi connectivity index (χ3n) is 3.42. The van der Waals surface area contributed by atoms with E-state index in [9.17, 15) is 0 Å². The van der Waals surface area contributed by atoms with Crippen LogP contribution in [-0.4, -0.2) is 35.6 Å². The zero-order valence-electron chi connectivity index (χ0n) is 9.84. The molecule has 0 aromatic heterocycles. The first kappa shape index (κ1) is 10.4. The number of nitrogens with one attached hydrogen (secondary N) is 1. The first-order valence-electron chi connectivity index (χ1n) is 6.07. The molecule has 0 bridgehead atoms. The Labute approximate surface area is 88.1 Å². The predicted molar refractivity (Wildman–Crippen MR) is 60.5 cm³/mol. The van der Waals surface area contributed by atoms with E-state index in [1.165, 1.54) is 38.8 Å². The highest BCUT2D eigenvalue weighted by atomic mass is 15.2. The molecule has 2 nitrogen and oxygen atoms in total. The average Bonchev–Trinajstić information content (AvgIpc) is 2.87. The van der Waals surface area contributed by atoms with E-state index in [-0.39, 0.29) is 0 Å². The Balaban J connectivity index is 1.83. The van der Waals surface area contributed by atoms with Gasteiger partial charge in [-0.25, -0.2) is 0 Å². The van der Waals surface area contributed by atoms with Crippen LogP contribution < -0.4 is 5.32 Å². The molecule has 1 saturated heterocycles. The number of rotatable bonds is 2. The molecule has 0 aromatic carbocycles. The van der Waals surface area contributed by atoms with E-state index in [4.69, 9.17) is 0 Å². The summed E-state index contributed by atoms with van der Waals surface area (Å²) in [5.74, 6) is 0. The number of nitrogens with zero attached hydrogens (tertiary/aromatic N) is 1. The van der Waals surface area contributed by atoms with Crippen molar-refractivity contribution in [2.24, 2.45) is 0 Å². The number of piperidine rings is 1. The average molecular weight is 196 g/mol. The molecule has 2 aliphatic rings. The van der Waals surface area contributed by atoms with E-state index in [0.29, 0.717) is 5.54 Å². The van der Waals surface area contributed by atoms with Crippen molar-refractivity contribution in [2.45, 2.75) is 64.1 Å². The lowest BCUT2D eigenvalue weighted by Crippen LogP contribution is -2.53. The molecule has 1 aliphatic carbocycles. The Morgan fingerprint density at radius 1 is 1.07 bits per heavy atom. The summed E-state index contributed by atoms with van der Waals surface area (Å²) in [6.45, 7) is 9.51. The van der Waals surface area contributed by atoms with Crippen molar-refractivity contribution in [3.8, 4) is 0 Å². The zero-order valence-corrected chi connectivity index (χ0v) is 9.84. The summed E-state index contributed by atoms with van der Waals surface area (Å²) in [5, 5.41) is 3.75. The number of hydrogen-bond acceptors (Lipinski definition) is 2. The van der Waals surface area contributed by atoms with Gasteiger partial charge < -0.3 is 5.32 Å². The largest absolute Gasteiger partial charge is 0.310 e. The van der Waals surface area contributed by atoms with E-state index in [2.05, 4.69) is 31.0 Å². The quantitative estimate of drug-likeness (QED) is 0.726. The summed E-state index contributed by atoms with van der Waals surface area (Å²) >= 11 is 0. The molecule has 2 fully saturated rings. The van der Waals surface area contributed by atoms with Gasteiger partial charge in [-0.05, 0) is 53.0 Å². The Bertz CT molecular complexity index is 191. The maximum atomic E-state index is 3.75. The van der Waals surface area contributed by atoms with E-state index in [0.717, 1.165) is 12.1 Å². The minimum absolute atomic E-state index is 0.351. The van der Waals surface area contributed by atoms with Crippen LogP contribution in [0.25, 0.3) is 0 Å². The lowest BCUT2D eigenvalue weighted by molar-refractivity contribution is 0.0903. The minimum atomic E-state index is 0.351. The van der Waals surface area contributed by atoms with Gasteiger partial charge in [0.15, 0.2) is 0 Å². The van der Waals surface area contributed by atoms with Crippen molar-refractivity contribution in [1.29, 1.82) is 0 Å². The molecule has 1 unspecified atom stereocenters. The molecule has 1 saturated carbocycles. The van der Waals surface area contributed by atoms with E-state index < -0.39 is 0 Å². The van der Waals surface area contributed by atoms with Crippen molar-refractivity contribution in [3.05, 3.63) is 0 Å². The van der Waals surface area contributed by atoms with Crippen LogP contribution in [0.15, 0.2) is 0 Å². The van der Waals surface area contributed by atoms with E-state index in [1.54, 1.807) is 0 Å². The molecule has 82 valence electrons. The normalized spacial score (nSPS) is 30.6. The van der Waals surface area contributed by atoms with Gasteiger partial charge in [-0.3, -0.25) is 4.90 Å². The van der Waals surface area contributed by atoms with Gasteiger partial charge in [-0.2, -0.15) is 0 Å². The van der Waals surface area contributed by atoms with Crippen LogP contribution in [0.5, 0.6) is 0 Å². The van der Waals surface area contributed by atoms with Crippen LogP contribution in [-0.2, 0) is 0 Å². The molecule has 1 aliphatic heterocycles. The van der Waals surface area contributed by atoms with Crippen molar-refractivity contribution < 1.29 is 0 Å². The molecule has 0 radical (unpaired) electrons. The van der Waals surface area contributed by atoms with E-state index in [1.807, 2.05) is 0 Å². The summed E-state index contributed by atoms with van der Waals surface area (Å²) in [4.78, 5) is 2.62. The molecule has 1 N–H and O–H groups in total. The molecule has 1 heterocycles. The molecule has 1 atom stereocenters. The Kier molecular flexibility index (Phi) is 2.85. The summed E-state index contributed by atoms with van der Waals surface area (Å²) < 4.78 is 0. The van der Waals surface area contributed by atoms with Crippen molar-refractivity contribution in [2.75, 3.05) is 13.1 Å². The van der Waals surface area contributed by atoms with Gasteiger partial charge in [0.05, 0.1) is 0 Å². The SMILES string of the molecule is CC(C)(C)N1CCCC(NC2CC2)C1. The Hall–Kier alpha value is -0.0800. The third kappa shape index (κ3) is 2.71. The monoisotopic (exact) mass is 196 g/mol. The third-order valence-corrected chi connectivity index (χ3v) is 3.42. The summed E-state index contributed by atoms with van der Waals surface area (Å²) in [6.07, 6.45) is 5.56. The van der Waals surface area contributed by atoms with Gasteiger partial charge in [0.25, 0.3) is 0 Å².